The molecule has 9 N–H and O–H groups in total. The van der Waals surface area contributed by atoms with Crippen LogP contribution in [0.1, 0.15) is 12.8 Å². The van der Waals surface area contributed by atoms with Crippen LogP contribution in [0.5, 0.6) is 0 Å². The van der Waals surface area contributed by atoms with E-state index >= 15 is 0 Å². The first-order chi connectivity index (χ1) is 5.54. The molecule has 70 valence electrons. The molecule has 0 aromatic heterocycles. The number of rotatable bonds is 5. The predicted octanol–water partition coefficient (Wildman–Crippen LogP) is -4.18. The molecule has 6 heteroatoms. The Balaban J connectivity index is 3.44. The molecule has 0 amide bonds. The lowest BCUT2D eigenvalue weighted by atomic mass is 10.2. The summed E-state index contributed by atoms with van der Waals surface area (Å²) in [5, 5.41) is 8.45. The van der Waals surface area contributed by atoms with Crippen molar-refractivity contribution in [1.29, 1.82) is 0 Å². The quantitative estimate of drug-likeness (QED) is 0.165. The molecule has 0 spiro atoms. The third-order valence-electron chi connectivity index (χ3n) is 1.41. The van der Waals surface area contributed by atoms with Crippen molar-refractivity contribution in [3.05, 3.63) is 0 Å². The van der Waals surface area contributed by atoms with Gasteiger partial charge < -0.3 is 10.8 Å². The van der Waals surface area contributed by atoms with Crippen molar-refractivity contribution in [1.82, 2.24) is 0 Å². The highest BCUT2D eigenvalue weighted by Crippen LogP contribution is 1.88. The van der Waals surface area contributed by atoms with Gasteiger partial charge in [0.1, 0.15) is 0 Å². The molecular weight excluding hydrogens is 160 g/mol. The third-order valence-corrected chi connectivity index (χ3v) is 1.41. The average molecular weight is 176 g/mol. The van der Waals surface area contributed by atoms with Gasteiger partial charge in [-0.3, -0.25) is 16.5 Å². The van der Waals surface area contributed by atoms with E-state index in [9.17, 15) is 4.79 Å². The van der Waals surface area contributed by atoms with E-state index < -0.39 is 12.0 Å². The van der Waals surface area contributed by atoms with E-state index in [0.717, 1.165) is 0 Å². The SMILES string of the molecule is NC(N)=[NH+]CCC[C@@H]([NH3+])C(=O)O. The summed E-state index contributed by atoms with van der Waals surface area (Å²) in [6, 6.07) is -0.550. The van der Waals surface area contributed by atoms with Gasteiger partial charge in [-0.25, -0.2) is 4.79 Å². The van der Waals surface area contributed by atoms with E-state index in [2.05, 4.69) is 10.7 Å². The Labute approximate surface area is 70.4 Å². The van der Waals surface area contributed by atoms with Gasteiger partial charge >= 0.3 is 11.9 Å². The number of carboxylic acids is 1. The lowest BCUT2D eigenvalue weighted by Crippen LogP contribution is -2.78. The molecule has 0 aromatic rings. The fourth-order valence-electron chi connectivity index (χ4n) is 0.705. The number of quaternary nitrogens is 1. The van der Waals surface area contributed by atoms with Crippen LogP contribution in [0.25, 0.3) is 0 Å². The molecule has 0 aliphatic carbocycles. The molecular formula is C6H16N4O2+2. The van der Waals surface area contributed by atoms with Crippen molar-refractivity contribution in [2.45, 2.75) is 18.9 Å². The lowest BCUT2D eigenvalue weighted by Gasteiger charge is -1.99. The molecule has 0 saturated carbocycles. The summed E-state index contributed by atoms with van der Waals surface area (Å²) in [6.45, 7) is 0.585. The zero-order valence-electron chi connectivity index (χ0n) is 6.92. The first kappa shape index (κ1) is 10.7. The normalized spacial score (nSPS) is 12.1. The Kier molecular flexibility index (Phi) is 4.78. The molecule has 1 atom stereocenters. The van der Waals surface area contributed by atoms with Gasteiger partial charge in [0.25, 0.3) is 0 Å². The van der Waals surface area contributed by atoms with Gasteiger partial charge in [0.2, 0.25) is 0 Å². The van der Waals surface area contributed by atoms with Gasteiger partial charge in [0.15, 0.2) is 6.04 Å². The molecule has 0 saturated heterocycles. The van der Waals surface area contributed by atoms with Crippen molar-refractivity contribution in [2.75, 3.05) is 6.54 Å². The minimum absolute atomic E-state index is 0.158. The van der Waals surface area contributed by atoms with Crippen LogP contribution in [0, 0.1) is 0 Å². The first-order valence-corrected chi connectivity index (χ1v) is 3.71. The van der Waals surface area contributed by atoms with Crippen LogP contribution < -0.4 is 22.2 Å². The predicted molar refractivity (Wildman–Crippen MR) is 42.8 cm³/mol. The molecule has 0 bridgehead atoms. The molecule has 0 fully saturated rings. The highest BCUT2D eigenvalue weighted by molar-refractivity contribution is 5.71. The summed E-state index contributed by atoms with van der Waals surface area (Å²) in [6.07, 6.45) is 1.22. The number of hydrogen-bond acceptors (Lipinski definition) is 1. The minimum atomic E-state index is -0.875. The van der Waals surface area contributed by atoms with Gasteiger partial charge in [-0.2, -0.15) is 0 Å². The number of aliphatic carboxylic acids is 1. The molecule has 0 radical (unpaired) electrons. The molecule has 0 heterocycles. The Hall–Kier alpha value is -1.30. The summed E-state index contributed by atoms with van der Waals surface area (Å²) in [5.41, 5.74) is 13.7. The zero-order chi connectivity index (χ0) is 9.56. The highest BCUT2D eigenvalue weighted by Gasteiger charge is 2.13. The van der Waals surface area contributed by atoms with Crippen molar-refractivity contribution < 1.29 is 20.6 Å². The minimum Gasteiger partial charge on any atom is -0.477 e. The molecule has 0 aliphatic heterocycles. The molecule has 6 nitrogen and oxygen atoms in total. The van der Waals surface area contributed by atoms with Crippen molar-refractivity contribution in [3.8, 4) is 0 Å². The Morgan fingerprint density at radius 2 is 2.17 bits per heavy atom. The fraction of sp³-hybridized carbons (Fsp3) is 0.667. The number of nitrogens with two attached hydrogens (primary N) is 2. The van der Waals surface area contributed by atoms with E-state index in [4.69, 9.17) is 16.6 Å². The standard InChI is InChI=1S/C6H14N4O2/c7-4(5(11)12)2-1-3-10-6(8)9/h4H,1-3,7H2,(H,11,12)(H4,8,9,10)/p+2/t4-/m1/s1. The molecule has 12 heavy (non-hydrogen) atoms. The van der Waals surface area contributed by atoms with E-state index in [-0.39, 0.29) is 5.96 Å². The Morgan fingerprint density at radius 3 is 2.58 bits per heavy atom. The van der Waals surface area contributed by atoms with Crippen molar-refractivity contribution in [3.63, 3.8) is 0 Å². The largest absolute Gasteiger partial charge is 0.477 e. The molecule has 0 aromatic carbocycles. The third kappa shape index (κ3) is 5.48. The van der Waals surface area contributed by atoms with Crippen LogP contribution in [-0.2, 0) is 4.79 Å². The van der Waals surface area contributed by atoms with E-state index in [1.165, 1.54) is 0 Å². The maximum Gasteiger partial charge on any atom is 0.362 e. The topological polar surface area (TPSA) is 131 Å². The summed E-state index contributed by atoms with van der Waals surface area (Å²) in [4.78, 5) is 13.0. The summed E-state index contributed by atoms with van der Waals surface area (Å²) in [7, 11) is 0. The van der Waals surface area contributed by atoms with Gasteiger partial charge in [0, 0.05) is 6.42 Å². The lowest BCUT2D eigenvalue weighted by molar-refractivity contribution is -0.463. The van der Waals surface area contributed by atoms with Crippen LogP contribution >= 0.6 is 0 Å². The average Bonchev–Trinajstić information content (AvgIpc) is 1.97. The monoisotopic (exact) mass is 176 g/mol. The van der Waals surface area contributed by atoms with Crippen molar-refractivity contribution >= 4 is 11.9 Å². The molecule has 0 aliphatic rings. The van der Waals surface area contributed by atoms with E-state index in [1.54, 1.807) is 0 Å². The van der Waals surface area contributed by atoms with Crippen LogP contribution in [0.3, 0.4) is 0 Å². The summed E-state index contributed by atoms with van der Waals surface area (Å²) < 4.78 is 0. The van der Waals surface area contributed by atoms with Gasteiger partial charge in [-0.1, -0.05) is 0 Å². The smallest absolute Gasteiger partial charge is 0.362 e. The van der Waals surface area contributed by atoms with E-state index in [0.29, 0.717) is 19.4 Å². The second-order valence-corrected chi connectivity index (χ2v) is 2.56. The number of guanidine groups is 1. The number of nitrogens with one attached hydrogen (secondary N) is 1. The highest BCUT2D eigenvalue weighted by atomic mass is 16.4. The van der Waals surface area contributed by atoms with Crippen LogP contribution in [-0.4, -0.2) is 29.6 Å². The summed E-state index contributed by atoms with van der Waals surface area (Å²) in [5.74, 6) is -0.717. The first-order valence-electron chi connectivity index (χ1n) is 3.71. The second-order valence-electron chi connectivity index (χ2n) is 2.56. The molecule has 0 rings (SSSR count). The maximum absolute atomic E-state index is 10.3. The Bertz CT molecular complexity index is 176. The summed E-state index contributed by atoms with van der Waals surface area (Å²) >= 11 is 0. The van der Waals surface area contributed by atoms with Crippen LogP contribution in [0.15, 0.2) is 0 Å². The number of carboxylic acid groups (broad SMARTS) is 1. The van der Waals surface area contributed by atoms with Gasteiger partial charge in [-0.15, -0.1) is 0 Å². The van der Waals surface area contributed by atoms with E-state index in [1.807, 2.05) is 0 Å². The molecule has 0 unspecified atom stereocenters. The maximum atomic E-state index is 10.3. The zero-order valence-corrected chi connectivity index (χ0v) is 6.92. The van der Waals surface area contributed by atoms with Gasteiger partial charge in [0.05, 0.1) is 6.54 Å². The number of carbonyl (C=O) groups is 1. The number of hydrogen-bond donors (Lipinski definition) is 5. The fourth-order valence-corrected chi connectivity index (χ4v) is 0.705. The Morgan fingerprint density at radius 1 is 1.58 bits per heavy atom. The second kappa shape index (κ2) is 5.36. The van der Waals surface area contributed by atoms with Crippen LogP contribution in [0.4, 0.5) is 0 Å². The van der Waals surface area contributed by atoms with Crippen LogP contribution in [0.2, 0.25) is 0 Å². The van der Waals surface area contributed by atoms with Gasteiger partial charge in [-0.05, 0) is 6.42 Å². The van der Waals surface area contributed by atoms with Crippen molar-refractivity contribution in [2.24, 2.45) is 11.5 Å².